The predicted molar refractivity (Wildman–Crippen MR) is 115 cm³/mol. The number of hydrogen-bond donors (Lipinski definition) is 2. The Morgan fingerprint density at radius 1 is 1.23 bits per heavy atom. The highest BCUT2D eigenvalue weighted by molar-refractivity contribution is 5.28. The molecule has 2 aliphatic heterocycles. The zero-order chi connectivity index (χ0) is 21.5. The second-order valence-corrected chi connectivity index (χ2v) is 8.30. The van der Waals surface area contributed by atoms with Gasteiger partial charge in [0.05, 0.1) is 50.9 Å². The van der Waals surface area contributed by atoms with E-state index < -0.39 is 6.10 Å². The van der Waals surface area contributed by atoms with Crippen molar-refractivity contribution in [1.29, 1.82) is 0 Å². The number of morpholine rings is 1. The summed E-state index contributed by atoms with van der Waals surface area (Å²) in [4.78, 5) is 2.31. The van der Waals surface area contributed by atoms with Gasteiger partial charge in [0.15, 0.2) is 5.76 Å². The van der Waals surface area contributed by atoms with Crippen molar-refractivity contribution >= 4 is 0 Å². The molecule has 8 heteroatoms. The maximum absolute atomic E-state index is 10.4. The molecule has 1 aromatic carbocycles. The van der Waals surface area contributed by atoms with Crippen molar-refractivity contribution in [1.82, 2.24) is 15.4 Å². The van der Waals surface area contributed by atoms with Crippen LogP contribution in [0.25, 0.3) is 0 Å². The molecule has 0 aliphatic carbocycles. The molecule has 0 bridgehead atoms. The normalized spacial score (nSPS) is 24.9. The lowest BCUT2D eigenvalue weighted by molar-refractivity contribution is -0.115. The van der Waals surface area contributed by atoms with Gasteiger partial charge in [0.1, 0.15) is 5.75 Å². The van der Waals surface area contributed by atoms with E-state index in [2.05, 4.69) is 21.4 Å². The number of nitrogens with one attached hydrogen (secondary N) is 1. The third-order valence-electron chi connectivity index (χ3n) is 5.92. The zero-order valence-corrected chi connectivity index (χ0v) is 18.2. The van der Waals surface area contributed by atoms with Gasteiger partial charge in [-0.3, -0.25) is 4.90 Å². The first kappa shape index (κ1) is 22.2. The second kappa shape index (κ2) is 11.1. The van der Waals surface area contributed by atoms with Gasteiger partial charge < -0.3 is 29.2 Å². The van der Waals surface area contributed by atoms with E-state index in [-0.39, 0.29) is 12.2 Å². The Bertz CT molecular complexity index is 808. The van der Waals surface area contributed by atoms with Gasteiger partial charge in [-0.05, 0) is 30.5 Å². The van der Waals surface area contributed by atoms with Gasteiger partial charge >= 0.3 is 0 Å². The van der Waals surface area contributed by atoms with Crippen LogP contribution in [0.5, 0.6) is 5.75 Å². The van der Waals surface area contributed by atoms with E-state index in [1.54, 1.807) is 7.11 Å². The van der Waals surface area contributed by atoms with E-state index in [9.17, 15) is 5.11 Å². The molecule has 2 aliphatic rings. The lowest BCUT2D eigenvalue weighted by Gasteiger charge is -2.34. The highest BCUT2D eigenvalue weighted by Crippen LogP contribution is 2.23. The Morgan fingerprint density at radius 2 is 2.10 bits per heavy atom. The average Bonchev–Trinajstić information content (AvgIpc) is 3.23. The minimum atomic E-state index is -0.455. The molecular weight excluding hydrogens is 398 g/mol. The molecule has 1 aromatic heterocycles. The fraction of sp³-hybridized carbons (Fsp3) is 0.609. The van der Waals surface area contributed by atoms with E-state index in [1.165, 1.54) is 0 Å². The van der Waals surface area contributed by atoms with Crippen molar-refractivity contribution in [2.75, 3.05) is 40.0 Å². The third-order valence-corrected chi connectivity index (χ3v) is 5.92. The van der Waals surface area contributed by atoms with E-state index in [1.807, 2.05) is 24.3 Å². The van der Waals surface area contributed by atoms with Crippen molar-refractivity contribution in [2.45, 2.75) is 50.7 Å². The third kappa shape index (κ3) is 6.51. The highest BCUT2D eigenvalue weighted by Gasteiger charge is 2.30. The van der Waals surface area contributed by atoms with Crippen molar-refractivity contribution in [3.63, 3.8) is 0 Å². The standard InChI is InChI=1S/C23H33N3O5/c1-28-19-4-2-3-17(11-19)14-24-15-23-22(27)6-5-20(30-23)12-18-13-21(31-25-18)16-26-7-9-29-10-8-26/h2-4,11,13,20,22-24,27H,5-10,12,14-16H2,1H3/t20-,22-,23+/m0/s1. The zero-order valence-electron chi connectivity index (χ0n) is 18.2. The van der Waals surface area contributed by atoms with Crippen LogP contribution in [-0.4, -0.2) is 73.4 Å². The van der Waals surface area contributed by atoms with E-state index >= 15 is 0 Å². The molecule has 2 aromatic rings. The van der Waals surface area contributed by atoms with Crippen LogP contribution in [-0.2, 0) is 29.0 Å². The number of aliphatic hydroxyl groups is 1. The molecule has 4 rings (SSSR count). The fourth-order valence-corrected chi connectivity index (χ4v) is 4.16. The van der Waals surface area contributed by atoms with Crippen molar-refractivity contribution < 1.29 is 23.8 Å². The number of hydrogen-bond acceptors (Lipinski definition) is 8. The Balaban J connectivity index is 1.23. The van der Waals surface area contributed by atoms with Crippen LogP contribution in [0.15, 0.2) is 34.9 Å². The van der Waals surface area contributed by atoms with Crippen LogP contribution in [0.2, 0.25) is 0 Å². The molecule has 8 nitrogen and oxygen atoms in total. The second-order valence-electron chi connectivity index (χ2n) is 8.30. The molecule has 0 unspecified atom stereocenters. The first-order valence-corrected chi connectivity index (χ1v) is 11.1. The minimum Gasteiger partial charge on any atom is -0.497 e. The number of methoxy groups -OCH3 is 1. The molecule has 170 valence electrons. The molecule has 3 heterocycles. The molecule has 2 fully saturated rings. The fourth-order valence-electron chi connectivity index (χ4n) is 4.16. The van der Waals surface area contributed by atoms with Crippen molar-refractivity contribution in [3.8, 4) is 5.75 Å². The van der Waals surface area contributed by atoms with Gasteiger partial charge in [-0.1, -0.05) is 17.3 Å². The molecule has 2 N–H and O–H groups in total. The van der Waals surface area contributed by atoms with Gasteiger partial charge in [-0.2, -0.15) is 0 Å². The van der Waals surface area contributed by atoms with Crippen LogP contribution in [0.4, 0.5) is 0 Å². The summed E-state index contributed by atoms with van der Waals surface area (Å²) in [6.45, 7) is 5.43. The van der Waals surface area contributed by atoms with Crippen LogP contribution in [0.1, 0.15) is 29.9 Å². The molecule has 0 saturated carbocycles. The smallest absolute Gasteiger partial charge is 0.150 e. The molecule has 0 amide bonds. The van der Waals surface area contributed by atoms with Gasteiger partial charge in [-0.15, -0.1) is 0 Å². The number of aromatic nitrogens is 1. The lowest BCUT2D eigenvalue weighted by Crippen LogP contribution is -2.45. The summed E-state index contributed by atoms with van der Waals surface area (Å²) in [5, 5.41) is 18.0. The molecule has 0 spiro atoms. The van der Waals surface area contributed by atoms with Crippen molar-refractivity contribution in [2.24, 2.45) is 0 Å². The topological polar surface area (TPSA) is 89.2 Å². The Kier molecular flexibility index (Phi) is 7.93. The van der Waals surface area contributed by atoms with Gasteiger partial charge in [-0.25, -0.2) is 0 Å². The first-order valence-electron chi connectivity index (χ1n) is 11.1. The van der Waals surface area contributed by atoms with Crippen LogP contribution in [0.3, 0.4) is 0 Å². The van der Waals surface area contributed by atoms with Crippen LogP contribution < -0.4 is 10.1 Å². The largest absolute Gasteiger partial charge is 0.497 e. The van der Waals surface area contributed by atoms with Gasteiger partial charge in [0, 0.05) is 38.7 Å². The quantitative estimate of drug-likeness (QED) is 0.621. The summed E-state index contributed by atoms with van der Waals surface area (Å²) in [6.07, 6.45) is 1.60. The number of nitrogens with zero attached hydrogens (tertiary/aromatic N) is 2. The van der Waals surface area contributed by atoms with E-state index in [0.717, 1.165) is 68.5 Å². The van der Waals surface area contributed by atoms with E-state index in [4.69, 9.17) is 18.7 Å². The summed E-state index contributed by atoms with van der Waals surface area (Å²) in [7, 11) is 1.67. The number of aliphatic hydroxyl groups excluding tert-OH is 1. The average molecular weight is 432 g/mol. The Hall–Kier alpha value is -1.97. The van der Waals surface area contributed by atoms with Gasteiger partial charge in [0.2, 0.25) is 0 Å². The Labute approximate surface area is 183 Å². The highest BCUT2D eigenvalue weighted by atomic mass is 16.5. The van der Waals surface area contributed by atoms with Crippen LogP contribution in [0, 0.1) is 0 Å². The number of benzene rings is 1. The summed E-state index contributed by atoms with van der Waals surface area (Å²) >= 11 is 0. The monoisotopic (exact) mass is 431 g/mol. The number of rotatable bonds is 9. The van der Waals surface area contributed by atoms with Crippen molar-refractivity contribution in [3.05, 3.63) is 47.3 Å². The summed E-state index contributed by atoms with van der Waals surface area (Å²) < 4.78 is 22.4. The summed E-state index contributed by atoms with van der Waals surface area (Å²) in [5.41, 5.74) is 2.05. The molecule has 31 heavy (non-hydrogen) atoms. The first-order chi connectivity index (χ1) is 15.2. The number of ether oxygens (including phenoxy) is 3. The summed E-state index contributed by atoms with van der Waals surface area (Å²) in [6, 6.07) is 9.99. The predicted octanol–water partition coefficient (Wildman–Crippen LogP) is 1.76. The molecular formula is C23H33N3O5. The van der Waals surface area contributed by atoms with Gasteiger partial charge in [0.25, 0.3) is 0 Å². The lowest BCUT2D eigenvalue weighted by atomic mass is 9.98. The van der Waals surface area contributed by atoms with Crippen LogP contribution >= 0.6 is 0 Å². The maximum Gasteiger partial charge on any atom is 0.150 e. The minimum absolute atomic E-state index is 0.0355. The summed E-state index contributed by atoms with van der Waals surface area (Å²) in [5.74, 6) is 1.72. The molecule has 2 saturated heterocycles. The maximum atomic E-state index is 10.4. The molecule has 3 atom stereocenters. The van der Waals surface area contributed by atoms with E-state index in [0.29, 0.717) is 19.5 Å². The molecule has 0 radical (unpaired) electrons. The SMILES string of the molecule is COc1cccc(CNC[C@H]2O[C@H](Cc3cc(CN4CCOCC4)on3)CC[C@@H]2O)c1. The Morgan fingerprint density at radius 3 is 2.94 bits per heavy atom.